The average Bonchev–Trinajstić information content (AvgIpc) is 2.67. The molecule has 0 radical (unpaired) electrons. The first-order valence-electron chi connectivity index (χ1n) is 8.45. The van der Waals surface area contributed by atoms with Gasteiger partial charge in [-0.25, -0.2) is 0 Å². The Morgan fingerprint density at radius 3 is 2.52 bits per heavy atom. The summed E-state index contributed by atoms with van der Waals surface area (Å²) in [6.07, 6.45) is -0.217. The monoisotopic (exact) mass is 372 g/mol. The van der Waals surface area contributed by atoms with Crippen LogP contribution < -0.4 is 15.9 Å². The summed E-state index contributed by atoms with van der Waals surface area (Å²) in [7, 11) is 1.59. The van der Waals surface area contributed by atoms with Gasteiger partial charge in [-0.3, -0.25) is 29.4 Å². The summed E-state index contributed by atoms with van der Waals surface area (Å²) in [4.78, 5) is 50.8. The Hall–Kier alpha value is -3.36. The molecule has 1 aliphatic heterocycles. The molecule has 142 valence electrons. The Morgan fingerprint density at radius 2 is 1.85 bits per heavy atom. The van der Waals surface area contributed by atoms with Gasteiger partial charge in [-0.1, -0.05) is 12.1 Å². The standard InChI is InChI=1S/C18H20N4O5/c1-27-14-4-2-12(3-5-14)10-21-6-7-22(11-17(21)25)16(24)9-13-8-15(23)19-20-18(13)26/h2-5,8H,6-7,9-11H2,1H3,(H,19,23)(H,20,26). The van der Waals surface area contributed by atoms with Crippen molar-refractivity contribution in [3.05, 3.63) is 62.2 Å². The lowest BCUT2D eigenvalue weighted by atomic mass is 10.1. The fraction of sp³-hybridized carbons (Fsp3) is 0.333. The maximum atomic E-state index is 12.4. The lowest BCUT2D eigenvalue weighted by Crippen LogP contribution is -2.52. The first kappa shape index (κ1) is 18.4. The van der Waals surface area contributed by atoms with Crippen molar-refractivity contribution >= 4 is 11.8 Å². The number of hydrogen-bond donors (Lipinski definition) is 2. The highest BCUT2D eigenvalue weighted by molar-refractivity contribution is 5.87. The van der Waals surface area contributed by atoms with Crippen molar-refractivity contribution in [2.75, 3.05) is 26.7 Å². The number of nitrogens with zero attached hydrogens (tertiary/aromatic N) is 2. The molecule has 0 atom stereocenters. The van der Waals surface area contributed by atoms with Crippen molar-refractivity contribution in [1.82, 2.24) is 20.0 Å². The largest absolute Gasteiger partial charge is 0.497 e. The van der Waals surface area contributed by atoms with E-state index >= 15 is 0 Å². The number of methoxy groups -OCH3 is 1. The molecule has 3 rings (SSSR count). The molecule has 0 spiro atoms. The normalized spacial score (nSPS) is 14.3. The molecule has 2 amide bonds. The second-order valence-corrected chi connectivity index (χ2v) is 6.27. The van der Waals surface area contributed by atoms with Gasteiger partial charge < -0.3 is 14.5 Å². The molecule has 2 heterocycles. The Morgan fingerprint density at radius 1 is 1.11 bits per heavy atom. The third-order valence-electron chi connectivity index (χ3n) is 4.44. The molecule has 0 unspecified atom stereocenters. The van der Waals surface area contributed by atoms with E-state index < -0.39 is 11.1 Å². The zero-order valence-corrected chi connectivity index (χ0v) is 14.9. The molecule has 27 heavy (non-hydrogen) atoms. The summed E-state index contributed by atoms with van der Waals surface area (Å²) < 4.78 is 5.11. The Labute approximate surface area is 154 Å². The first-order valence-corrected chi connectivity index (χ1v) is 8.45. The van der Waals surface area contributed by atoms with E-state index in [0.717, 1.165) is 17.4 Å². The molecule has 9 nitrogen and oxygen atoms in total. The molecule has 1 aliphatic rings. The van der Waals surface area contributed by atoms with Gasteiger partial charge in [0.1, 0.15) is 5.75 Å². The lowest BCUT2D eigenvalue weighted by molar-refractivity contribution is -0.145. The van der Waals surface area contributed by atoms with E-state index in [1.807, 2.05) is 24.3 Å². The van der Waals surface area contributed by atoms with Crippen LogP contribution in [0.4, 0.5) is 0 Å². The van der Waals surface area contributed by atoms with Gasteiger partial charge in [0.05, 0.1) is 20.1 Å². The summed E-state index contributed by atoms with van der Waals surface area (Å²) in [5.41, 5.74) is 0.0426. The Kier molecular flexibility index (Phi) is 5.39. The van der Waals surface area contributed by atoms with Gasteiger partial charge in [-0.15, -0.1) is 0 Å². The zero-order chi connectivity index (χ0) is 19.4. The lowest BCUT2D eigenvalue weighted by Gasteiger charge is -2.34. The number of ether oxygens (including phenoxy) is 1. The number of piperazine rings is 1. The number of nitrogens with one attached hydrogen (secondary N) is 2. The van der Waals surface area contributed by atoms with Crippen LogP contribution in [0.25, 0.3) is 0 Å². The maximum Gasteiger partial charge on any atom is 0.266 e. The molecule has 0 bridgehead atoms. The first-order chi connectivity index (χ1) is 13.0. The average molecular weight is 372 g/mol. The van der Waals surface area contributed by atoms with E-state index in [4.69, 9.17) is 4.74 Å². The van der Waals surface area contributed by atoms with Gasteiger partial charge >= 0.3 is 0 Å². The molecule has 1 aromatic carbocycles. The predicted molar refractivity (Wildman–Crippen MR) is 96.4 cm³/mol. The van der Waals surface area contributed by atoms with Crippen molar-refractivity contribution in [3.8, 4) is 5.75 Å². The number of amides is 2. The topological polar surface area (TPSA) is 116 Å². The molecule has 0 aliphatic carbocycles. The Bertz CT molecular complexity index is 947. The third-order valence-corrected chi connectivity index (χ3v) is 4.44. The molecule has 1 aromatic heterocycles. The van der Waals surface area contributed by atoms with Crippen LogP contribution in [0.5, 0.6) is 5.75 Å². The number of hydrogen-bond acceptors (Lipinski definition) is 5. The zero-order valence-electron chi connectivity index (χ0n) is 14.9. The number of carbonyl (C=O) groups is 2. The maximum absolute atomic E-state index is 12.4. The summed E-state index contributed by atoms with van der Waals surface area (Å²) in [6.45, 7) is 1.19. The van der Waals surface area contributed by atoms with Crippen LogP contribution in [0.15, 0.2) is 39.9 Å². The van der Waals surface area contributed by atoms with E-state index in [0.29, 0.717) is 19.6 Å². The van der Waals surface area contributed by atoms with Gasteiger partial charge in [0.2, 0.25) is 11.8 Å². The quantitative estimate of drug-likeness (QED) is 0.733. The molecular formula is C18H20N4O5. The highest BCUT2D eigenvalue weighted by Gasteiger charge is 2.27. The van der Waals surface area contributed by atoms with E-state index in [1.165, 1.54) is 4.90 Å². The second-order valence-electron chi connectivity index (χ2n) is 6.27. The molecule has 2 aromatic rings. The number of aromatic nitrogens is 2. The van der Waals surface area contributed by atoms with E-state index in [1.54, 1.807) is 12.0 Å². The van der Waals surface area contributed by atoms with Crippen molar-refractivity contribution in [2.45, 2.75) is 13.0 Å². The van der Waals surface area contributed by atoms with Crippen LogP contribution in [0.1, 0.15) is 11.1 Å². The highest BCUT2D eigenvalue weighted by Crippen LogP contribution is 2.15. The molecule has 2 N–H and O–H groups in total. The molecular weight excluding hydrogens is 352 g/mol. The Balaban J connectivity index is 1.59. The fourth-order valence-electron chi connectivity index (χ4n) is 2.90. The molecule has 9 heteroatoms. The van der Waals surface area contributed by atoms with E-state index in [9.17, 15) is 19.2 Å². The van der Waals surface area contributed by atoms with Crippen LogP contribution in [-0.2, 0) is 22.6 Å². The molecule has 1 saturated heterocycles. The van der Waals surface area contributed by atoms with Crippen LogP contribution in [0.2, 0.25) is 0 Å². The minimum Gasteiger partial charge on any atom is -0.497 e. The van der Waals surface area contributed by atoms with Crippen molar-refractivity contribution in [1.29, 1.82) is 0 Å². The van der Waals surface area contributed by atoms with Crippen molar-refractivity contribution < 1.29 is 14.3 Å². The van der Waals surface area contributed by atoms with Crippen LogP contribution in [-0.4, -0.2) is 58.6 Å². The highest BCUT2D eigenvalue weighted by atomic mass is 16.5. The summed E-state index contributed by atoms with van der Waals surface area (Å²) in [5.74, 6) is 0.226. The number of rotatable bonds is 5. The number of benzene rings is 1. The molecule has 0 saturated carbocycles. The van der Waals surface area contributed by atoms with Gasteiger partial charge in [0.15, 0.2) is 0 Å². The minimum absolute atomic E-state index is 0.0456. The van der Waals surface area contributed by atoms with Crippen LogP contribution >= 0.6 is 0 Å². The van der Waals surface area contributed by atoms with Crippen LogP contribution in [0, 0.1) is 0 Å². The summed E-state index contributed by atoms with van der Waals surface area (Å²) >= 11 is 0. The van der Waals surface area contributed by atoms with Gasteiger partial charge in [0.25, 0.3) is 11.1 Å². The smallest absolute Gasteiger partial charge is 0.266 e. The molecule has 1 fully saturated rings. The van der Waals surface area contributed by atoms with Gasteiger partial charge in [-0.05, 0) is 17.7 Å². The van der Waals surface area contributed by atoms with E-state index in [-0.39, 0.29) is 30.3 Å². The van der Waals surface area contributed by atoms with Crippen molar-refractivity contribution in [3.63, 3.8) is 0 Å². The predicted octanol–water partition coefficient (Wildman–Crippen LogP) is -0.515. The SMILES string of the molecule is COc1ccc(CN2CCN(C(=O)Cc3cc(=O)[nH][nH]c3=O)CC2=O)cc1. The third kappa shape index (κ3) is 4.43. The van der Waals surface area contributed by atoms with Gasteiger partial charge in [-0.2, -0.15) is 0 Å². The fourth-order valence-corrected chi connectivity index (χ4v) is 2.90. The van der Waals surface area contributed by atoms with Crippen LogP contribution in [0.3, 0.4) is 0 Å². The second kappa shape index (κ2) is 7.90. The summed E-state index contributed by atoms with van der Waals surface area (Å²) in [6, 6.07) is 8.54. The minimum atomic E-state index is -0.521. The van der Waals surface area contributed by atoms with Crippen molar-refractivity contribution in [2.24, 2.45) is 0 Å². The summed E-state index contributed by atoms with van der Waals surface area (Å²) in [5, 5.41) is 4.33. The number of carbonyl (C=O) groups excluding carboxylic acids is 2. The van der Waals surface area contributed by atoms with E-state index in [2.05, 4.69) is 10.2 Å². The number of H-pyrrole nitrogens is 2. The van der Waals surface area contributed by atoms with Gasteiger partial charge in [0, 0.05) is 31.3 Å². The number of aromatic amines is 2.